The normalized spacial score (nSPS) is 22.0. The third-order valence-electron chi connectivity index (χ3n) is 9.19. The second-order valence-corrected chi connectivity index (χ2v) is 12.1. The Morgan fingerprint density at radius 1 is 1.20 bits per heavy atom. The van der Waals surface area contributed by atoms with Crippen LogP contribution in [0.15, 0.2) is 64.4 Å². The van der Waals surface area contributed by atoms with E-state index in [2.05, 4.69) is 30.5 Å². The number of anilines is 1. The molecule has 2 atom stereocenters. The Morgan fingerprint density at radius 2 is 1.96 bits per heavy atom. The fourth-order valence-electron chi connectivity index (χ4n) is 6.38. The van der Waals surface area contributed by atoms with Crippen molar-refractivity contribution in [3.05, 3.63) is 76.3 Å². The van der Waals surface area contributed by atoms with Crippen molar-refractivity contribution in [2.75, 3.05) is 18.9 Å². The van der Waals surface area contributed by atoms with Gasteiger partial charge in [0.15, 0.2) is 0 Å². The number of aliphatic imine (C=N–C) groups is 1. The summed E-state index contributed by atoms with van der Waals surface area (Å²) in [5.41, 5.74) is 16.9. The molecule has 4 N–H and O–H groups in total. The van der Waals surface area contributed by atoms with E-state index in [9.17, 15) is 18.0 Å². The van der Waals surface area contributed by atoms with Crippen LogP contribution in [0.2, 0.25) is 12.6 Å². The Bertz CT molecular complexity index is 1470. The number of nitrogens with zero attached hydrogens (tertiary/aromatic N) is 3. The quantitative estimate of drug-likeness (QED) is 0.227. The van der Waals surface area contributed by atoms with E-state index in [0.717, 1.165) is 42.2 Å². The molecular formula is C34H42BF3N5O2. The number of halogens is 3. The summed E-state index contributed by atoms with van der Waals surface area (Å²) in [6.07, 6.45) is 6.18. The van der Waals surface area contributed by atoms with Gasteiger partial charge in [-0.15, -0.1) is 0 Å². The maximum atomic E-state index is 13.9. The minimum Gasteiger partial charge on any atom is -0.400 e. The molecule has 1 amide bonds. The zero-order valence-electron chi connectivity index (χ0n) is 26.1. The van der Waals surface area contributed by atoms with Gasteiger partial charge in [0.25, 0.3) is 5.91 Å². The van der Waals surface area contributed by atoms with Gasteiger partial charge in [-0.3, -0.25) is 14.8 Å². The Balaban J connectivity index is 1.50. The maximum Gasteiger partial charge on any atom is 0.433 e. The lowest BCUT2D eigenvalue weighted by atomic mass is 9.65. The summed E-state index contributed by atoms with van der Waals surface area (Å²) in [7, 11) is 2.25. The number of benzene rings is 1. The number of carbonyl (C=O) groups is 1. The number of ether oxygens (including phenoxy) is 1. The number of rotatable bonds is 9. The predicted octanol–water partition coefficient (Wildman–Crippen LogP) is 7.23. The first-order valence-corrected chi connectivity index (χ1v) is 16.0. The van der Waals surface area contributed by atoms with Crippen molar-refractivity contribution in [3.63, 3.8) is 0 Å². The predicted molar refractivity (Wildman–Crippen MR) is 173 cm³/mol. The van der Waals surface area contributed by atoms with Crippen LogP contribution in [0.1, 0.15) is 86.3 Å². The maximum absolute atomic E-state index is 13.9. The Hall–Kier alpha value is -3.60. The summed E-state index contributed by atoms with van der Waals surface area (Å²) < 4.78 is 46.1. The average Bonchev–Trinajstić information content (AvgIpc) is 3.00. The first-order valence-electron chi connectivity index (χ1n) is 16.0. The van der Waals surface area contributed by atoms with E-state index in [0.29, 0.717) is 50.1 Å². The number of likely N-dealkylation sites (tertiary alicyclic amines) is 1. The monoisotopic (exact) mass is 620 g/mol. The highest BCUT2D eigenvalue weighted by molar-refractivity contribution is 6.36. The van der Waals surface area contributed by atoms with Crippen LogP contribution in [-0.2, 0) is 10.9 Å². The van der Waals surface area contributed by atoms with Crippen LogP contribution in [0.25, 0.3) is 0 Å². The molecule has 7 nitrogen and oxygen atoms in total. The van der Waals surface area contributed by atoms with Crippen LogP contribution >= 0.6 is 0 Å². The summed E-state index contributed by atoms with van der Waals surface area (Å²) in [4.78, 5) is 24.1. The van der Waals surface area contributed by atoms with Crippen molar-refractivity contribution >= 4 is 30.3 Å². The number of hydrogen-bond donors (Lipinski definition) is 2. The number of allylic oxidation sites excluding steroid dienone is 1. The van der Waals surface area contributed by atoms with Crippen molar-refractivity contribution in [3.8, 4) is 0 Å². The molecule has 0 bridgehead atoms. The van der Waals surface area contributed by atoms with Crippen LogP contribution in [0.5, 0.6) is 0 Å². The van der Waals surface area contributed by atoms with Gasteiger partial charge in [0, 0.05) is 41.8 Å². The number of amides is 1. The average molecular weight is 621 g/mol. The van der Waals surface area contributed by atoms with Crippen molar-refractivity contribution in [1.82, 2.24) is 9.88 Å². The minimum atomic E-state index is -4.67. The van der Waals surface area contributed by atoms with E-state index < -0.39 is 29.9 Å². The molecule has 2 fully saturated rings. The van der Waals surface area contributed by atoms with E-state index in [1.165, 1.54) is 30.4 Å². The molecule has 11 heteroatoms. The second kappa shape index (κ2) is 14.2. The van der Waals surface area contributed by atoms with Gasteiger partial charge in [-0.25, -0.2) is 0 Å². The molecule has 1 saturated carbocycles. The lowest BCUT2D eigenvalue weighted by Crippen LogP contribution is -2.49. The van der Waals surface area contributed by atoms with Gasteiger partial charge in [0.05, 0.1) is 30.0 Å². The molecule has 3 aliphatic rings. The number of alkyl halides is 3. The van der Waals surface area contributed by atoms with E-state index in [-0.39, 0.29) is 11.3 Å². The van der Waals surface area contributed by atoms with E-state index in [1.54, 1.807) is 4.90 Å². The summed E-state index contributed by atoms with van der Waals surface area (Å²) in [5.74, 6) is 0.121. The van der Waals surface area contributed by atoms with Gasteiger partial charge in [-0.2, -0.15) is 13.2 Å². The lowest BCUT2D eigenvalue weighted by molar-refractivity contribution is -0.141. The van der Waals surface area contributed by atoms with Gasteiger partial charge >= 0.3 is 6.18 Å². The van der Waals surface area contributed by atoms with Gasteiger partial charge < -0.3 is 21.1 Å². The first kappa shape index (κ1) is 32.8. The molecule has 1 aliphatic carbocycles. The van der Waals surface area contributed by atoms with Crippen molar-refractivity contribution in [1.29, 1.82) is 0 Å². The third kappa shape index (κ3) is 7.46. The summed E-state index contributed by atoms with van der Waals surface area (Å²) >= 11 is 0. The number of nitrogens with two attached hydrogens (primary N) is 2. The first-order chi connectivity index (χ1) is 21.6. The zero-order valence-corrected chi connectivity index (χ0v) is 26.1. The summed E-state index contributed by atoms with van der Waals surface area (Å²) in [6, 6.07) is 8.56. The molecule has 3 heterocycles. The largest absolute Gasteiger partial charge is 0.433 e. The molecule has 2 unspecified atom stereocenters. The lowest BCUT2D eigenvalue weighted by Gasteiger charge is -2.40. The standard InChI is InChI=1S/C34H42BF3N5O2/c1-3-28-31(32(40)29(4-2)45-20-21-12-15-35-16-13-21)27(42-24-10-8-23(9-11-24)22-6-5-7-22)14-17-43(28)33(44)25-19-41-30(18-26(25)39)34(36,37)38/h8-12,18-19,22,28-29H,3-7,13-17,20,40H2,1-2H3,(H2,39,41)/b32-31+,42-27?. The topological polar surface area (TPSA) is 107 Å². The Labute approximate surface area is 264 Å². The number of carbonyl (C=O) groups excluding carboxylic acids is 1. The molecule has 1 radical (unpaired) electrons. The molecule has 1 aromatic heterocycles. The van der Waals surface area contributed by atoms with Crippen LogP contribution in [-0.4, -0.2) is 54.1 Å². The van der Waals surface area contributed by atoms with Gasteiger partial charge in [-0.1, -0.05) is 56.7 Å². The van der Waals surface area contributed by atoms with Gasteiger partial charge in [0.2, 0.25) is 0 Å². The molecule has 5 rings (SSSR count). The highest BCUT2D eigenvalue weighted by atomic mass is 19.4. The highest BCUT2D eigenvalue weighted by Crippen LogP contribution is 2.38. The summed E-state index contributed by atoms with van der Waals surface area (Å²) in [5, 5.41) is 0. The van der Waals surface area contributed by atoms with E-state index in [1.807, 2.05) is 26.0 Å². The fraction of sp³-hybridized carbons (Fsp3) is 0.500. The van der Waals surface area contributed by atoms with Gasteiger partial charge in [-0.05, 0) is 61.8 Å². The van der Waals surface area contributed by atoms with Gasteiger partial charge in [0.1, 0.15) is 13.0 Å². The molecular weight excluding hydrogens is 578 g/mol. The van der Waals surface area contributed by atoms with E-state index in [4.69, 9.17) is 21.2 Å². The van der Waals surface area contributed by atoms with Crippen LogP contribution in [0.4, 0.5) is 24.5 Å². The highest BCUT2D eigenvalue weighted by Gasteiger charge is 2.38. The van der Waals surface area contributed by atoms with Crippen LogP contribution < -0.4 is 11.5 Å². The molecule has 239 valence electrons. The number of aromatic nitrogens is 1. The molecule has 0 spiro atoms. The fourth-order valence-corrected chi connectivity index (χ4v) is 6.38. The molecule has 2 aromatic rings. The number of piperidine rings is 1. The zero-order chi connectivity index (χ0) is 32.1. The van der Waals surface area contributed by atoms with Crippen LogP contribution in [0.3, 0.4) is 0 Å². The van der Waals surface area contributed by atoms with Crippen molar-refractivity contribution in [2.24, 2.45) is 10.7 Å². The number of hydrogen-bond acceptors (Lipinski definition) is 6. The molecule has 1 aromatic carbocycles. The summed E-state index contributed by atoms with van der Waals surface area (Å²) in [6.45, 7) is 4.74. The van der Waals surface area contributed by atoms with Crippen LogP contribution in [0, 0.1) is 0 Å². The van der Waals surface area contributed by atoms with Crippen molar-refractivity contribution in [2.45, 2.75) is 95.7 Å². The molecule has 45 heavy (non-hydrogen) atoms. The Morgan fingerprint density at radius 3 is 2.53 bits per heavy atom. The second-order valence-electron chi connectivity index (χ2n) is 12.1. The SMILES string of the molecule is CCC(OCC1=CC[B]CC1)/C(N)=C1/C(=Nc2ccc(C3CCC3)cc2)CCN(C(=O)c2cnc(C(F)(F)F)cc2N)C1CC. The minimum absolute atomic E-state index is 0.0734. The molecule has 1 saturated heterocycles. The van der Waals surface area contributed by atoms with E-state index >= 15 is 0 Å². The molecule has 2 aliphatic heterocycles. The van der Waals surface area contributed by atoms with Crippen molar-refractivity contribution < 1.29 is 22.7 Å². The number of pyridine rings is 1. The number of nitrogen functional groups attached to an aromatic ring is 1. The Kier molecular flexibility index (Phi) is 10.4. The smallest absolute Gasteiger partial charge is 0.400 e. The third-order valence-corrected chi connectivity index (χ3v) is 9.19.